The zero-order valence-corrected chi connectivity index (χ0v) is 18.2. The van der Waals surface area contributed by atoms with Crippen molar-refractivity contribution in [1.82, 2.24) is 4.98 Å². The van der Waals surface area contributed by atoms with Crippen LogP contribution in [0.4, 0.5) is 5.69 Å². The number of rotatable bonds is 5. The van der Waals surface area contributed by atoms with E-state index in [0.717, 1.165) is 16.5 Å². The number of fused-ring (bicyclic) bond motifs is 1. The normalized spacial score (nSPS) is 10.7. The summed E-state index contributed by atoms with van der Waals surface area (Å²) in [5.41, 5.74) is 4.10. The molecule has 0 atom stereocenters. The number of pyridine rings is 1. The van der Waals surface area contributed by atoms with Gasteiger partial charge >= 0.3 is 0 Å². The van der Waals surface area contributed by atoms with Crippen LogP contribution < -0.4 is 14.8 Å². The monoisotopic (exact) mass is 432 g/mol. The molecule has 5 nitrogen and oxygen atoms in total. The Morgan fingerprint density at radius 1 is 0.968 bits per heavy atom. The maximum absolute atomic E-state index is 13.3. The van der Waals surface area contributed by atoms with Crippen molar-refractivity contribution in [3.05, 3.63) is 82.9 Å². The molecule has 1 N–H and O–H groups in total. The van der Waals surface area contributed by atoms with E-state index in [2.05, 4.69) is 5.32 Å². The van der Waals surface area contributed by atoms with Crippen molar-refractivity contribution in [1.29, 1.82) is 0 Å². The quantitative estimate of drug-likeness (QED) is 0.412. The third-order valence-electron chi connectivity index (χ3n) is 5.16. The maximum Gasteiger partial charge on any atom is 0.256 e. The fraction of sp³-hybridized carbons (Fsp3) is 0.120. The minimum absolute atomic E-state index is 0.238. The lowest BCUT2D eigenvalue weighted by molar-refractivity contribution is 0.102. The van der Waals surface area contributed by atoms with Crippen molar-refractivity contribution in [3.8, 4) is 22.8 Å². The summed E-state index contributed by atoms with van der Waals surface area (Å²) < 4.78 is 10.8. The van der Waals surface area contributed by atoms with Gasteiger partial charge in [-0.2, -0.15) is 0 Å². The molecule has 1 aromatic heterocycles. The number of anilines is 1. The summed E-state index contributed by atoms with van der Waals surface area (Å²) in [4.78, 5) is 18.1. The van der Waals surface area contributed by atoms with E-state index in [9.17, 15) is 4.79 Å². The van der Waals surface area contributed by atoms with Crippen molar-refractivity contribution in [2.24, 2.45) is 0 Å². The van der Waals surface area contributed by atoms with Gasteiger partial charge in [0.05, 0.1) is 31.0 Å². The summed E-state index contributed by atoms with van der Waals surface area (Å²) in [6.07, 6.45) is 0. The Bertz CT molecular complexity index is 1290. The number of halogens is 1. The largest absolute Gasteiger partial charge is 0.497 e. The van der Waals surface area contributed by atoms with Gasteiger partial charge in [-0.05, 0) is 48.9 Å². The summed E-state index contributed by atoms with van der Waals surface area (Å²) in [7, 11) is 3.19. The Hall–Kier alpha value is -3.57. The highest BCUT2D eigenvalue weighted by Crippen LogP contribution is 2.34. The lowest BCUT2D eigenvalue weighted by atomic mass is 10.0. The number of ether oxygens (including phenoxy) is 2. The molecule has 0 aliphatic heterocycles. The van der Waals surface area contributed by atoms with Crippen LogP contribution in [0.3, 0.4) is 0 Å². The molecule has 1 amide bonds. The molecule has 4 aromatic rings. The fourth-order valence-corrected chi connectivity index (χ4v) is 3.62. The van der Waals surface area contributed by atoms with Crippen molar-refractivity contribution in [2.45, 2.75) is 6.92 Å². The SMILES string of the molecule is COc1ccc(-c2cc(C(=O)Nc3cccc(Cl)c3C)c3ccccc3n2)c(OC)c1. The third-order valence-corrected chi connectivity index (χ3v) is 5.57. The molecule has 0 aliphatic carbocycles. The first-order valence-corrected chi connectivity index (χ1v) is 10.1. The van der Waals surface area contributed by atoms with E-state index in [0.29, 0.717) is 39.0 Å². The van der Waals surface area contributed by atoms with Crippen LogP contribution in [-0.4, -0.2) is 25.1 Å². The van der Waals surface area contributed by atoms with Crippen LogP contribution in [0.2, 0.25) is 5.02 Å². The number of aromatic nitrogens is 1. The Kier molecular flexibility index (Phi) is 5.78. The van der Waals surface area contributed by atoms with Crippen LogP contribution in [0.1, 0.15) is 15.9 Å². The summed E-state index contributed by atoms with van der Waals surface area (Å²) in [6, 6.07) is 20.3. The molecule has 1 heterocycles. The first kappa shape index (κ1) is 20.7. The van der Waals surface area contributed by atoms with E-state index in [1.165, 1.54) is 0 Å². The van der Waals surface area contributed by atoms with E-state index in [1.807, 2.05) is 55.5 Å². The number of carbonyl (C=O) groups is 1. The Labute approximate surface area is 185 Å². The second kappa shape index (κ2) is 8.66. The number of methoxy groups -OCH3 is 2. The van der Waals surface area contributed by atoms with E-state index in [1.54, 1.807) is 32.4 Å². The van der Waals surface area contributed by atoms with Gasteiger partial charge in [-0.1, -0.05) is 35.9 Å². The molecule has 0 bridgehead atoms. The predicted molar refractivity (Wildman–Crippen MR) is 124 cm³/mol. The third kappa shape index (κ3) is 4.05. The Morgan fingerprint density at radius 3 is 2.55 bits per heavy atom. The average molecular weight is 433 g/mol. The lowest BCUT2D eigenvalue weighted by Gasteiger charge is -2.14. The van der Waals surface area contributed by atoms with Crippen molar-refractivity contribution in [2.75, 3.05) is 19.5 Å². The molecule has 6 heteroatoms. The highest BCUT2D eigenvalue weighted by Gasteiger charge is 2.17. The molecule has 0 spiro atoms. The molecule has 0 saturated carbocycles. The van der Waals surface area contributed by atoms with Crippen LogP contribution in [0.5, 0.6) is 11.5 Å². The molecular weight excluding hydrogens is 412 g/mol. The van der Waals surface area contributed by atoms with E-state index < -0.39 is 0 Å². The smallest absolute Gasteiger partial charge is 0.256 e. The Balaban J connectivity index is 1.84. The highest BCUT2D eigenvalue weighted by atomic mass is 35.5. The van der Waals surface area contributed by atoms with E-state index >= 15 is 0 Å². The summed E-state index contributed by atoms with van der Waals surface area (Å²) in [6.45, 7) is 1.87. The molecular formula is C25H21ClN2O3. The standard InChI is InChI=1S/C25H21ClN2O3/c1-15-20(26)8-6-10-21(15)28-25(29)19-14-23(27-22-9-5-4-7-17(19)22)18-12-11-16(30-2)13-24(18)31-3/h4-14H,1-3H3,(H,28,29). The molecule has 0 radical (unpaired) electrons. The van der Waals surface area contributed by atoms with Gasteiger partial charge < -0.3 is 14.8 Å². The lowest BCUT2D eigenvalue weighted by Crippen LogP contribution is -2.14. The number of hydrogen-bond acceptors (Lipinski definition) is 4. The average Bonchev–Trinajstić information content (AvgIpc) is 2.80. The van der Waals surface area contributed by atoms with E-state index in [4.69, 9.17) is 26.1 Å². The number of hydrogen-bond donors (Lipinski definition) is 1. The molecule has 0 fully saturated rings. The number of nitrogens with one attached hydrogen (secondary N) is 1. The highest BCUT2D eigenvalue weighted by molar-refractivity contribution is 6.31. The number of para-hydroxylation sites is 1. The second-order valence-corrected chi connectivity index (χ2v) is 7.41. The van der Waals surface area contributed by atoms with Crippen molar-refractivity contribution in [3.63, 3.8) is 0 Å². The van der Waals surface area contributed by atoms with Crippen LogP contribution in [0.15, 0.2) is 66.7 Å². The van der Waals surface area contributed by atoms with Crippen LogP contribution in [0.25, 0.3) is 22.2 Å². The number of amides is 1. The zero-order valence-electron chi connectivity index (χ0n) is 17.4. The van der Waals surface area contributed by atoms with Gasteiger partial charge in [0.1, 0.15) is 11.5 Å². The van der Waals surface area contributed by atoms with Gasteiger partial charge in [0.25, 0.3) is 5.91 Å². The minimum atomic E-state index is -0.238. The van der Waals surface area contributed by atoms with Crippen molar-refractivity contribution < 1.29 is 14.3 Å². The molecule has 0 saturated heterocycles. The van der Waals surface area contributed by atoms with Gasteiger partial charge in [0, 0.05) is 27.7 Å². The predicted octanol–water partition coefficient (Wildman–Crippen LogP) is 6.13. The van der Waals surface area contributed by atoms with Crippen LogP contribution in [-0.2, 0) is 0 Å². The number of carbonyl (C=O) groups excluding carboxylic acids is 1. The van der Waals surface area contributed by atoms with Crippen LogP contribution >= 0.6 is 11.6 Å². The zero-order chi connectivity index (χ0) is 22.0. The molecule has 4 rings (SSSR count). The molecule has 3 aromatic carbocycles. The first-order chi connectivity index (χ1) is 15.0. The summed E-state index contributed by atoms with van der Waals surface area (Å²) in [5, 5.41) is 4.34. The number of benzene rings is 3. The van der Waals surface area contributed by atoms with Gasteiger partial charge in [0.15, 0.2) is 0 Å². The van der Waals surface area contributed by atoms with Gasteiger partial charge in [-0.3, -0.25) is 4.79 Å². The second-order valence-electron chi connectivity index (χ2n) is 7.00. The van der Waals surface area contributed by atoms with Gasteiger partial charge in [0.2, 0.25) is 0 Å². The van der Waals surface area contributed by atoms with E-state index in [-0.39, 0.29) is 5.91 Å². The Morgan fingerprint density at radius 2 is 1.77 bits per heavy atom. The topological polar surface area (TPSA) is 60.5 Å². The minimum Gasteiger partial charge on any atom is -0.497 e. The van der Waals surface area contributed by atoms with Crippen LogP contribution in [0, 0.1) is 6.92 Å². The van der Waals surface area contributed by atoms with Gasteiger partial charge in [-0.15, -0.1) is 0 Å². The molecule has 0 aliphatic rings. The molecule has 31 heavy (non-hydrogen) atoms. The first-order valence-electron chi connectivity index (χ1n) is 9.70. The van der Waals surface area contributed by atoms with Gasteiger partial charge in [-0.25, -0.2) is 4.98 Å². The fourth-order valence-electron chi connectivity index (χ4n) is 3.44. The molecule has 156 valence electrons. The summed E-state index contributed by atoms with van der Waals surface area (Å²) in [5.74, 6) is 1.05. The molecule has 0 unspecified atom stereocenters. The van der Waals surface area contributed by atoms with Crippen molar-refractivity contribution >= 4 is 34.1 Å². The maximum atomic E-state index is 13.3. The summed E-state index contributed by atoms with van der Waals surface area (Å²) >= 11 is 6.22. The number of nitrogens with zero attached hydrogens (tertiary/aromatic N) is 1.